The van der Waals surface area contributed by atoms with Crippen molar-refractivity contribution in [1.82, 2.24) is 0 Å². The van der Waals surface area contributed by atoms with E-state index in [1.807, 2.05) is 0 Å². The van der Waals surface area contributed by atoms with E-state index in [9.17, 15) is 4.79 Å². The Morgan fingerprint density at radius 2 is 2.32 bits per heavy atom. The molecule has 0 radical (unpaired) electrons. The number of esters is 1. The molecule has 0 heterocycles. The van der Waals surface area contributed by atoms with Crippen LogP contribution in [0.3, 0.4) is 0 Å². The minimum atomic E-state index is -0.438. The van der Waals surface area contributed by atoms with Crippen LogP contribution < -0.4 is 10.6 Å². The molecule has 0 unspecified atom stereocenters. The molecule has 0 atom stereocenters. The molecule has 0 aliphatic heterocycles. The Bertz CT molecular complexity index is 444. The number of carbonyl (C=O) groups is 1. The van der Waals surface area contributed by atoms with Crippen LogP contribution in [0.1, 0.15) is 5.56 Å². The highest BCUT2D eigenvalue weighted by Gasteiger charge is 2.07. The Balaban J connectivity index is 0.00000324. The number of rotatable bonds is 6. The second kappa shape index (κ2) is 9.77. The molecular weight excluding hydrogens is 311 g/mol. The third kappa shape index (κ3) is 6.56. The van der Waals surface area contributed by atoms with Crippen molar-refractivity contribution in [2.24, 2.45) is 10.9 Å². The van der Waals surface area contributed by atoms with Gasteiger partial charge in [-0.05, 0) is 18.2 Å². The molecular formula is C11H14Cl2N2O3S. The van der Waals surface area contributed by atoms with Gasteiger partial charge < -0.3 is 15.3 Å². The fourth-order valence-electron chi connectivity index (χ4n) is 1.17. The van der Waals surface area contributed by atoms with Crippen LogP contribution in [-0.4, -0.2) is 25.2 Å². The zero-order valence-electron chi connectivity index (χ0n) is 10.2. The fourth-order valence-corrected chi connectivity index (χ4v) is 1.93. The Hall–Kier alpha value is -1.11. The lowest BCUT2D eigenvalue weighted by Gasteiger charge is -2.10. The molecule has 1 rings (SSSR count). The van der Waals surface area contributed by atoms with Crippen LogP contribution in [0, 0.1) is 0 Å². The van der Waals surface area contributed by atoms with Crippen LogP contribution in [0.15, 0.2) is 23.3 Å². The lowest BCUT2D eigenvalue weighted by molar-refractivity contribution is -0.142. The number of nitrogens with zero attached hydrogens (tertiary/aromatic N) is 1. The zero-order chi connectivity index (χ0) is 13.4. The number of hydrogen-bond donors (Lipinski definition) is 1. The highest BCUT2D eigenvalue weighted by molar-refractivity contribution is 8.11. The number of hydrogen-bond acceptors (Lipinski definition) is 6. The van der Waals surface area contributed by atoms with Gasteiger partial charge in [0.05, 0.1) is 12.7 Å². The number of methoxy groups -OCH3 is 1. The quantitative estimate of drug-likeness (QED) is 0.286. The van der Waals surface area contributed by atoms with Crippen molar-refractivity contribution >= 4 is 47.3 Å². The molecule has 1 aromatic rings. The van der Waals surface area contributed by atoms with Crippen LogP contribution in [0.5, 0.6) is 5.75 Å². The predicted molar refractivity (Wildman–Crippen MR) is 80.2 cm³/mol. The van der Waals surface area contributed by atoms with Crippen LogP contribution in [-0.2, 0) is 15.3 Å². The highest BCUT2D eigenvalue weighted by Crippen LogP contribution is 2.26. The minimum absolute atomic E-state index is 0. The van der Waals surface area contributed by atoms with Crippen molar-refractivity contribution in [3.05, 3.63) is 28.8 Å². The summed E-state index contributed by atoms with van der Waals surface area (Å²) in [6.45, 7) is -0.138. The summed E-state index contributed by atoms with van der Waals surface area (Å²) in [4.78, 5) is 11.0. The zero-order valence-corrected chi connectivity index (χ0v) is 12.6. The molecule has 1 aromatic carbocycles. The largest absolute Gasteiger partial charge is 0.482 e. The van der Waals surface area contributed by atoms with E-state index in [0.29, 0.717) is 16.5 Å². The molecule has 0 bridgehead atoms. The Morgan fingerprint density at radius 1 is 1.58 bits per heavy atom. The highest BCUT2D eigenvalue weighted by atomic mass is 35.5. The second-order valence-electron chi connectivity index (χ2n) is 3.18. The number of hydrazone groups is 1. The molecule has 5 nitrogen and oxygen atoms in total. The van der Waals surface area contributed by atoms with Gasteiger partial charge in [-0.2, -0.15) is 5.10 Å². The molecule has 0 aliphatic rings. The van der Waals surface area contributed by atoms with E-state index in [-0.39, 0.29) is 19.0 Å². The minimum Gasteiger partial charge on any atom is -0.482 e. The first-order chi connectivity index (χ1) is 8.67. The molecule has 0 amide bonds. The van der Waals surface area contributed by atoms with E-state index in [0.717, 1.165) is 5.56 Å². The fraction of sp³-hybridized carbons (Fsp3) is 0.273. The van der Waals surface area contributed by atoms with Gasteiger partial charge >= 0.3 is 5.97 Å². The van der Waals surface area contributed by atoms with Crippen molar-refractivity contribution in [3.63, 3.8) is 0 Å². The summed E-state index contributed by atoms with van der Waals surface area (Å²) in [5.41, 5.74) is 2.38. The maximum atomic E-state index is 11.0. The van der Waals surface area contributed by atoms with Gasteiger partial charge in [-0.3, -0.25) is 0 Å². The first-order valence-corrected chi connectivity index (χ1v) is 6.41. The van der Waals surface area contributed by atoms with Crippen molar-refractivity contribution in [2.45, 2.75) is 5.75 Å². The summed E-state index contributed by atoms with van der Waals surface area (Å²) in [5, 5.41) is 3.98. The van der Waals surface area contributed by atoms with Crippen LogP contribution in [0.2, 0.25) is 5.02 Å². The summed E-state index contributed by atoms with van der Waals surface area (Å²) in [6.07, 6.45) is 0. The number of benzene rings is 1. The topological polar surface area (TPSA) is 73.9 Å². The maximum absolute atomic E-state index is 11.0. The SMILES string of the molecule is COC(=O)COc1ccc(Cl)cc1CSC=NN.Cl. The number of carbonyl (C=O) groups excluding carboxylic acids is 1. The number of halogens is 2. The van der Waals surface area contributed by atoms with Crippen molar-refractivity contribution in [1.29, 1.82) is 0 Å². The second-order valence-corrected chi connectivity index (χ2v) is 4.45. The van der Waals surface area contributed by atoms with E-state index in [1.54, 1.807) is 18.2 Å². The Kier molecular flexibility index (Phi) is 9.20. The average Bonchev–Trinajstić information content (AvgIpc) is 2.37. The first kappa shape index (κ1) is 17.9. The van der Waals surface area contributed by atoms with Gasteiger partial charge in [0.15, 0.2) is 6.61 Å². The summed E-state index contributed by atoms with van der Waals surface area (Å²) in [7, 11) is 1.31. The summed E-state index contributed by atoms with van der Waals surface area (Å²) >= 11 is 7.30. The Labute approximate surface area is 126 Å². The van der Waals surface area contributed by atoms with Gasteiger partial charge in [-0.1, -0.05) is 11.6 Å². The molecule has 0 aliphatic carbocycles. The third-order valence-electron chi connectivity index (χ3n) is 1.97. The van der Waals surface area contributed by atoms with Crippen LogP contribution in [0.25, 0.3) is 0 Å². The summed E-state index contributed by atoms with van der Waals surface area (Å²) in [5.74, 6) is 5.75. The van der Waals surface area contributed by atoms with Gasteiger partial charge in [-0.15, -0.1) is 24.2 Å². The smallest absolute Gasteiger partial charge is 0.343 e. The first-order valence-electron chi connectivity index (χ1n) is 4.98. The van der Waals surface area contributed by atoms with Gasteiger partial charge in [0.25, 0.3) is 0 Å². The standard InChI is InChI=1S/C11H13ClN2O3S.ClH/c1-16-11(15)5-17-10-3-2-9(12)4-8(10)6-18-7-14-13;/h2-4,7H,5-6,13H2,1H3;1H. The van der Waals surface area contributed by atoms with E-state index >= 15 is 0 Å². The number of ether oxygens (including phenoxy) is 2. The molecule has 19 heavy (non-hydrogen) atoms. The number of nitrogens with two attached hydrogens (primary N) is 1. The van der Waals surface area contributed by atoms with Gasteiger partial charge in [0.1, 0.15) is 5.75 Å². The summed E-state index contributed by atoms with van der Waals surface area (Å²) in [6, 6.07) is 5.17. The van der Waals surface area contributed by atoms with E-state index in [4.69, 9.17) is 22.2 Å². The Morgan fingerprint density at radius 3 is 2.95 bits per heavy atom. The van der Waals surface area contributed by atoms with Gasteiger partial charge in [0, 0.05) is 16.3 Å². The van der Waals surface area contributed by atoms with Crippen molar-refractivity contribution in [2.75, 3.05) is 13.7 Å². The lowest BCUT2D eigenvalue weighted by atomic mass is 10.2. The third-order valence-corrected chi connectivity index (χ3v) is 2.95. The van der Waals surface area contributed by atoms with E-state index in [2.05, 4.69) is 9.84 Å². The normalized spacial score (nSPS) is 10.0. The molecule has 0 saturated heterocycles. The molecule has 8 heteroatoms. The van der Waals surface area contributed by atoms with Crippen molar-refractivity contribution in [3.8, 4) is 5.75 Å². The average molecular weight is 325 g/mol. The lowest BCUT2D eigenvalue weighted by Crippen LogP contribution is -2.13. The molecule has 106 valence electrons. The molecule has 0 aromatic heterocycles. The molecule has 2 N–H and O–H groups in total. The van der Waals surface area contributed by atoms with E-state index in [1.165, 1.54) is 24.4 Å². The van der Waals surface area contributed by atoms with Crippen molar-refractivity contribution < 1.29 is 14.3 Å². The van der Waals surface area contributed by atoms with E-state index < -0.39 is 5.97 Å². The monoisotopic (exact) mass is 324 g/mol. The van der Waals surface area contributed by atoms with Crippen LogP contribution in [0.4, 0.5) is 0 Å². The maximum Gasteiger partial charge on any atom is 0.343 e. The summed E-state index contributed by atoms with van der Waals surface area (Å²) < 4.78 is 9.85. The molecule has 0 saturated carbocycles. The van der Waals surface area contributed by atoms with Gasteiger partial charge in [-0.25, -0.2) is 4.79 Å². The molecule has 0 fully saturated rings. The van der Waals surface area contributed by atoms with Crippen LogP contribution >= 0.6 is 35.8 Å². The molecule has 0 spiro atoms. The number of thioether (sulfide) groups is 1. The predicted octanol–water partition coefficient (Wildman–Crippen LogP) is 2.45. The van der Waals surface area contributed by atoms with Gasteiger partial charge in [0.2, 0.25) is 0 Å².